The van der Waals surface area contributed by atoms with Crippen LogP contribution in [-0.4, -0.2) is 43.8 Å². The van der Waals surface area contributed by atoms with Gasteiger partial charge in [-0.1, -0.05) is 67.9 Å². The van der Waals surface area contributed by atoms with Gasteiger partial charge in [-0.05, 0) is 87.9 Å². The van der Waals surface area contributed by atoms with E-state index >= 15 is 0 Å². The summed E-state index contributed by atoms with van der Waals surface area (Å²) in [4.78, 5) is 29.3. The SMILES string of the molecule is CC[C@@H](C)NC(=O)[C@H](CC)N(Cc1ccccc1C)C(=O)CN(c1cccc(C)c1C)S(=O)(=O)c1ccc(C)cc1. The third-order valence-electron chi connectivity index (χ3n) is 7.72. The van der Waals surface area contributed by atoms with Crippen LogP contribution in [0.3, 0.4) is 0 Å². The smallest absolute Gasteiger partial charge is 0.264 e. The number of hydrogen-bond donors (Lipinski definition) is 1. The number of rotatable bonds is 12. The molecule has 0 fully saturated rings. The first-order chi connectivity index (χ1) is 19.4. The maximum absolute atomic E-state index is 14.3. The van der Waals surface area contributed by atoms with E-state index < -0.39 is 28.5 Å². The molecule has 0 heterocycles. The molecule has 0 aromatic heterocycles. The zero-order valence-corrected chi connectivity index (χ0v) is 26.1. The topological polar surface area (TPSA) is 86.8 Å². The Labute approximate surface area is 245 Å². The van der Waals surface area contributed by atoms with Crippen molar-refractivity contribution in [3.63, 3.8) is 0 Å². The predicted molar refractivity (Wildman–Crippen MR) is 165 cm³/mol. The largest absolute Gasteiger partial charge is 0.352 e. The van der Waals surface area contributed by atoms with Crippen molar-refractivity contribution in [2.24, 2.45) is 0 Å². The molecule has 2 atom stereocenters. The fraction of sp³-hybridized carbons (Fsp3) is 0.394. The summed E-state index contributed by atoms with van der Waals surface area (Å²) in [6, 6.07) is 18.9. The third kappa shape index (κ3) is 7.55. The predicted octanol–water partition coefficient (Wildman–Crippen LogP) is 5.84. The molecule has 0 saturated heterocycles. The number of carbonyl (C=O) groups is 2. The molecule has 0 unspecified atom stereocenters. The molecular formula is C33H43N3O4S. The summed E-state index contributed by atoms with van der Waals surface area (Å²) in [7, 11) is -4.11. The third-order valence-corrected chi connectivity index (χ3v) is 9.50. The molecule has 2 amide bonds. The Morgan fingerprint density at radius 1 is 0.829 bits per heavy atom. The summed E-state index contributed by atoms with van der Waals surface area (Å²) in [5.41, 5.74) is 4.93. The minimum Gasteiger partial charge on any atom is -0.352 e. The highest BCUT2D eigenvalue weighted by Gasteiger charge is 2.34. The maximum Gasteiger partial charge on any atom is 0.264 e. The van der Waals surface area contributed by atoms with Gasteiger partial charge < -0.3 is 10.2 Å². The Morgan fingerprint density at radius 3 is 2.07 bits per heavy atom. The first-order valence-corrected chi connectivity index (χ1v) is 15.6. The molecule has 7 nitrogen and oxygen atoms in total. The fourth-order valence-electron chi connectivity index (χ4n) is 4.69. The van der Waals surface area contributed by atoms with Gasteiger partial charge in [-0.25, -0.2) is 8.42 Å². The number of anilines is 1. The van der Waals surface area contributed by atoms with Gasteiger partial charge in [0.2, 0.25) is 11.8 Å². The average Bonchev–Trinajstić information content (AvgIpc) is 2.94. The van der Waals surface area contributed by atoms with Gasteiger partial charge in [-0.15, -0.1) is 0 Å². The van der Waals surface area contributed by atoms with E-state index in [9.17, 15) is 18.0 Å². The van der Waals surface area contributed by atoms with E-state index in [4.69, 9.17) is 0 Å². The van der Waals surface area contributed by atoms with Gasteiger partial charge in [0.05, 0.1) is 10.6 Å². The highest BCUT2D eigenvalue weighted by atomic mass is 32.2. The van der Waals surface area contributed by atoms with E-state index in [0.29, 0.717) is 12.1 Å². The molecule has 3 aromatic carbocycles. The molecule has 0 aliphatic carbocycles. The van der Waals surface area contributed by atoms with Crippen LogP contribution in [0.4, 0.5) is 5.69 Å². The lowest BCUT2D eigenvalue weighted by molar-refractivity contribution is -0.140. The first kappa shape index (κ1) is 31.9. The minimum atomic E-state index is -4.11. The second-order valence-corrected chi connectivity index (χ2v) is 12.6. The average molecular weight is 578 g/mol. The van der Waals surface area contributed by atoms with Crippen molar-refractivity contribution in [2.45, 2.75) is 84.8 Å². The van der Waals surface area contributed by atoms with Crippen LogP contribution in [0.1, 0.15) is 61.4 Å². The molecule has 0 bridgehead atoms. The summed E-state index contributed by atoms with van der Waals surface area (Å²) in [6.07, 6.45) is 1.14. The molecule has 1 N–H and O–H groups in total. The number of aryl methyl sites for hydroxylation is 3. The lowest BCUT2D eigenvalue weighted by Gasteiger charge is -2.34. The molecule has 3 aromatic rings. The number of sulfonamides is 1. The Kier molecular flexibility index (Phi) is 10.7. The Hall–Kier alpha value is -3.65. The maximum atomic E-state index is 14.3. The van der Waals surface area contributed by atoms with E-state index in [1.54, 1.807) is 36.4 Å². The van der Waals surface area contributed by atoms with Crippen LogP contribution in [0.5, 0.6) is 0 Å². The summed E-state index contributed by atoms with van der Waals surface area (Å²) in [5.74, 6) is -0.695. The summed E-state index contributed by atoms with van der Waals surface area (Å²) < 4.78 is 29.4. The highest BCUT2D eigenvalue weighted by Crippen LogP contribution is 2.29. The molecule has 41 heavy (non-hydrogen) atoms. The molecule has 8 heteroatoms. The Bertz CT molecular complexity index is 1470. The van der Waals surface area contributed by atoms with Gasteiger partial charge in [0.15, 0.2) is 0 Å². The molecule has 0 aliphatic rings. The van der Waals surface area contributed by atoms with Crippen LogP contribution in [0.2, 0.25) is 0 Å². The zero-order chi connectivity index (χ0) is 30.3. The van der Waals surface area contributed by atoms with Crippen molar-refractivity contribution in [3.8, 4) is 0 Å². The molecule has 220 valence electrons. The Balaban J connectivity index is 2.11. The van der Waals surface area contributed by atoms with Crippen LogP contribution in [-0.2, 0) is 26.2 Å². The second-order valence-electron chi connectivity index (χ2n) is 10.7. The van der Waals surface area contributed by atoms with Crippen LogP contribution >= 0.6 is 0 Å². The fourth-order valence-corrected chi connectivity index (χ4v) is 6.16. The van der Waals surface area contributed by atoms with E-state index in [1.165, 1.54) is 9.21 Å². The molecule has 0 aliphatic heterocycles. The van der Waals surface area contributed by atoms with Crippen LogP contribution in [0, 0.1) is 27.7 Å². The van der Waals surface area contributed by atoms with E-state index in [1.807, 2.05) is 78.8 Å². The van der Waals surface area contributed by atoms with E-state index in [-0.39, 0.29) is 23.4 Å². The normalized spacial score (nSPS) is 12.9. The molecule has 0 radical (unpaired) electrons. The van der Waals surface area contributed by atoms with E-state index in [0.717, 1.165) is 34.2 Å². The van der Waals surface area contributed by atoms with Crippen molar-refractivity contribution in [1.29, 1.82) is 0 Å². The molecule has 0 saturated carbocycles. The van der Waals surface area contributed by atoms with Crippen LogP contribution in [0.25, 0.3) is 0 Å². The number of benzene rings is 3. The van der Waals surface area contributed by atoms with Gasteiger partial charge >= 0.3 is 0 Å². The number of carbonyl (C=O) groups excluding carboxylic acids is 2. The summed E-state index contributed by atoms with van der Waals surface area (Å²) in [5, 5.41) is 3.01. The summed E-state index contributed by atoms with van der Waals surface area (Å²) in [6.45, 7) is 13.1. The van der Waals surface area contributed by atoms with Gasteiger partial charge in [-0.3, -0.25) is 13.9 Å². The van der Waals surface area contributed by atoms with Crippen LogP contribution in [0.15, 0.2) is 71.6 Å². The number of amides is 2. The minimum absolute atomic E-state index is 0.0553. The monoisotopic (exact) mass is 577 g/mol. The molecule has 0 spiro atoms. The lowest BCUT2D eigenvalue weighted by atomic mass is 10.1. The van der Waals surface area contributed by atoms with Crippen LogP contribution < -0.4 is 9.62 Å². The number of nitrogens with one attached hydrogen (secondary N) is 1. The van der Waals surface area contributed by atoms with Gasteiger partial charge in [0.1, 0.15) is 12.6 Å². The summed E-state index contributed by atoms with van der Waals surface area (Å²) >= 11 is 0. The standard InChI is InChI=1S/C33H43N3O4S/c1-8-26(6)34-33(38)30(9-2)35(21-28-15-11-10-13-25(28)5)32(37)22-36(31-16-12-14-24(4)27(31)7)41(39,40)29-19-17-23(3)18-20-29/h10-20,26,30H,8-9,21-22H2,1-7H3,(H,34,38)/t26-,30+/m1/s1. The van der Waals surface area contributed by atoms with Gasteiger partial charge in [0, 0.05) is 12.6 Å². The number of hydrogen-bond acceptors (Lipinski definition) is 4. The quantitative estimate of drug-likeness (QED) is 0.293. The van der Waals surface area contributed by atoms with Crippen molar-refractivity contribution >= 4 is 27.5 Å². The Morgan fingerprint density at radius 2 is 1.46 bits per heavy atom. The molecule has 3 rings (SSSR count). The zero-order valence-electron chi connectivity index (χ0n) is 25.3. The van der Waals surface area contributed by atoms with Crippen molar-refractivity contribution < 1.29 is 18.0 Å². The van der Waals surface area contributed by atoms with Crippen molar-refractivity contribution in [3.05, 3.63) is 94.5 Å². The number of nitrogens with zero attached hydrogens (tertiary/aromatic N) is 2. The highest BCUT2D eigenvalue weighted by molar-refractivity contribution is 7.92. The van der Waals surface area contributed by atoms with Crippen molar-refractivity contribution in [2.75, 3.05) is 10.8 Å². The van der Waals surface area contributed by atoms with Gasteiger partial charge in [-0.2, -0.15) is 0 Å². The molecular weight excluding hydrogens is 534 g/mol. The van der Waals surface area contributed by atoms with Gasteiger partial charge in [0.25, 0.3) is 10.0 Å². The second kappa shape index (κ2) is 13.8. The van der Waals surface area contributed by atoms with E-state index in [2.05, 4.69) is 5.32 Å². The van der Waals surface area contributed by atoms with Crippen molar-refractivity contribution in [1.82, 2.24) is 10.2 Å². The lowest BCUT2D eigenvalue weighted by Crippen LogP contribution is -2.53. The first-order valence-electron chi connectivity index (χ1n) is 14.2.